The van der Waals surface area contributed by atoms with Gasteiger partial charge in [0, 0.05) is 44.2 Å². The third kappa shape index (κ3) is 2.75. The number of nitrogens with one attached hydrogen (secondary N) is 1. The summed E-state index contributed by atoms with van der Waals surface area (Å²) in [6.45, 7) is 4.75. The van der Waals surface area contributed by atoms with E-state index in [-0.39, 0.29) is 17.4 Å². The second-order valence-electron chi connectivity index (χ2n) is 7.20. The average Bonchev–Trinajstić information content (AvgIpc) is 3.22. The lowest BCUT2D eigenvalue weighted by atomic mass is 9.75. The Morgan fingerprint density at radius 1 is 1.38 bits per heavy atom. The van der Waals surface area contributed by atoms with Gasteiger partial charge in [-0.1, -0.05) is 0 Å². The quantitative estimate of drug-likeness (QED) is 0.935. The van der Waals surface area contributed by atoms with Crippen LogP contribution in [0.5, 0.6) is 0 Å². The van der Waals surface area contributed by atoms with Crippen molar-refractivity contribution < 1.29 is 9.21 Å². The zero-order chi connectivity index (χ0) is 16.7. The summed E-state index contributed by atoms with van der Waals surface area (Å²) in [5.74, 6) is 2.37. The van der Waals surface area contributed by atoms with Gasteiger partial charge in [-0.05, 0) is 37.5 Å². The van der Waals surface area contributed by atoms with E-state index in [2.05, 4.69) is 21.4 Å². The largest absolute Gasteiger partial charge is 0.465 e. The van der Waals surface area contributed by atoms with Crippen molar-refractivity contribution in [3.8, 4) is 0 Å². The van der Waals surface area contributed by atoms with Gasteiger partial charge in [0.2, 0.25) is 5.91 Å². The topological polar surface area (TPSA) is 63.3 Å². The molecule has 2 aromatic heterocycles. The fourth-order valence-electron chi connectivity index (χ4n) is 4.23. The fourth-order valence-corrected chi connectivity index (χ4v) is 4.23. The molecule has 1 N–H and O–H groups in total. The van der Waals surface area contributed by atoms with E-state index in [4.69, 9.17) is 4.42 Å². The Bertz CT molecular complexity index is 740. The molecule has 0 unspecified atom stereocenters. The Balaban J connectivity index is 1.47. The Morgan fingerprint density at radius 3 is 2.79 bits per heavy atom. The summed E-state index contributed by atoms with van der Waals surface area (Å²) in [6, 6.07) is 4.06. The summed E-state index contributed by atoms with van der Waals surface area (Å²) in [7, 11) is 1.92. The number of furan rings is 1. The number of hydrogen-bond donors (Lipinski definition) is 1. The first-order chi connectivity index (χ1) is 11.5. The van der Waals surface area contributed by atoms with Crippen molar-refractivity contribution in [3.05, 3.63) is 41.6 Å². The van der Waals surface area contributed by atoms with Gasteiger partial charge >= 0.3 is 0 Å². The number of piperidine rings is 1. The molecule has 2 aliphatic rings. The molecule has 4 heterocycles. The van der Waals surface area contributed by atoms with Crippen LogP contribution in [0.4, 0.5) is 0 Å². The summed E-state index contributed by atoms with van der Waals surface area (Å²) in [5, 5.41) is 7.58. The minimum absolute atomic E-state index is 0.115. The van der Waals surface area contributed by atoms with Gasteiger partial charge in [0.25, 0.3) is 0 Å². The normalized spacial score (nSPS) is 23.8. The summed E-state index contributed by atoms with van der Waals surface area (Å²) in [6.07, 6.45) is 6.47. The molecule has 0 bridgehead atoms. The zero-order valence-electron chi connectivity index (χ0n) is 14.3. The Morgan fingerprint density at radius 2 is 2.17 bits per heavy atom. The average molecular weight is 328 g/mol. The molecule has 0 radical (unpaired) electrons. The number of likely N-dealkylation sites (tertiary alicyclic amines) is 1. The van der Waals surface area contributed by atoms with Crippen LogP contribution in [0.1, 0.15) is 42.3 Å². The number of hydrogen-bond acceptors (Lipinski definition) is 4. The van der Waals surface area contributed by atoms with Gasteiger partial charge in [-0.2, -0.15) is 5.10 Å². The van der Waals surface area contributed by atoms with E-state index in [0.29, 0.717) is 6.42 Å². The number of aryl methyl sites for hydroxylation is 2. The van der Waals surface area contributed by atoms with Gasteiger partial charge in [0.05, 0.1) is 12.7 Å². The van der Waals surface area contributed by atoms with Crippen molar-refractivity contribution in [1.29, 1.82) is 0 Å². The van der Waals surface area contributed by atoms with E-state index >= 15 is 0 Å². The van der Waals surface area contributed by atoms with Crippen LogP contribution < -0.4 is 5.32 Å². The molecule has 1 amide bonds. The highest BCUT2D eigenvalue weighted by atomic mass is 16.3. The molecular formula is C18H24N4O2. The van der Waals surface area contributed by atoms with Crippen LogP contribution in [0.25, 0.3) is 0 Å². The zero-order valence-corrected chi connectivity index (χ0v) is 14.3. The lowest BCUT2D eigenvalue weighted by Gasteiger charge is -2.42. The molecule has 4 rings (SSSR count). The molecule has 2 aliphatic heterocycles. The first-order valence-corrected chi connectivity index (χ1v) is 8.61. The summed E-state index contributed by atoms with van der Waals surface area (Å²) < 4.78 is 7.51. The number of aromatic nitrogens is 2. The van der Waals surface area contributed by atoms with Crippen LogP contribution in [-0.2, 0) is 18.4 Å². The molecule has 0 saturated carbocycles. The monoisotopic (exact) mass is 328 g/mol. The van der Waals surface area contributed by atoms with E-state index < -0.39 is 0 Å². The van der Waals surface area contributed by atoms with E-state index in [0.717, 1.165) is 44.0 Å². The molecule has 2 fully saturated rings. The maximum Gasteiger partial charge on any atom is 0.221 e. The number of carbonyl (C=O) groups excluding carboxylic acids is 1. The third-order valence-electron chi connectivity index (χ3n) is 5.50. The van der Waals surface area contributed by atoms with Gasteiger partial charge in [0.15, 0.2) is 0 Å². The maximum absolute atomic E-state index is 12.1. The van der Waals surface area contributed by atoms with Crippen molar-refractivity contribution in [1.82, 2.24) is 20.0 Å². The molecule has 1 spiro atoms. The van der Waals surface area contributed by atoms with E-state index in [1.54, 1.807) is 0 Å². The number of amides is 1. The van der Waals surface area contributed by atoms with Crippen molar-refractivity contribution in [3.63, 3.8) is 0 Å². The fraction of sp³-hybridized carbons (Fsp3) is 0.556. The van der Waals surface area contributed by atoms with Crippen LogP contribution >= 0.6 is 0 Å². The minimum Gasteiger partial charge on any atom is -0.465 e. The smallest absolute Gasteiger partial charge is 0.221 e. The SMILES string of the molecule is Cc1ccc(CN2CCC3(CC2)NC(=O)C[C@@H]3c2cnn(C)c2)o1. The first kappa shape index (κ1) is 15.4. The molecule has 2 aromatic rings. The number of carbonyl (C=O) groups is 1. The highest BCUT2D eigenvalue weighted by molar-refractivity contribution is 5.81. The number of rotatable bonds is 3. The van der Waals surface area contributed by atoms with Crippen LogP contribution in [0.2, 0.25) is 0 Å². The Labute approximate surface area is 141 Å². The van der Waals surface area contributed by atoms with Crippen molar-refractivity contribution in [2.24, 2.45) is 7.05 Å². The van der Waals surface area contributed by atoms with Crippen LogP contribution in [0.15, 0.2) is 28.9 Å². The molecule has 6 nitrogen and oxygen atoms in total. The van der Waals surface area contributed by atoms with E-state index in [1.807, 2.05) is 37.1 Å². The molecule has 1 atom stereocenters. The molecule has 128 valence electrons. The molecule has 6 heteroatoms. The van der Waals surface area contributed by atoms with E-state index in [9.17, 15) is 4.79 Å². The molecule has 0 aliphatic carbocycles. The predicted octanol–water partition coefficient (Wildman–Crippen LogP) is 1.96. The summed E-state index contributed by atoms with van der Waals surface area (Å²) in [5.41, 5.74) is 1.06. The van der Waals surface area contributed by atoms with Gasteiger partial charge < -0.3 is 9.73 Å². The van der Waals surface area contributed by atoms with Crippen molar-refractivity contribution >= 4 is 5.91 Å². The molecule has 0 aromatic carbocycles. The van der Waals surface area contributed by atoms with Crippen LogP contribution in [0.3, 0.4) is 0 Å². The predicted molar refractivity (Wildman–Crippen MR) is 89.4 cm³/mol. The van der Waals surface area contributed by atoms with Gasteiger partial charge in [0.1, 0.15) is 11.5 Å². The first-order valence-electron chi connectivity index (χ1n) is 8.61. The standard InChI is InChI=1S/C18H24N4O2/c1-13-3-4-15(24-13)12-22-7-5-18(6-8-22)16(9-17(23)20-18)14-10-19-21(2)11-14/h3-4,10-11,16H,5-9,12H2,1-2H3,(H,20,23)/t16-/m1/s1. The van der Waals surface area contributed by atoms with Gasteiger partial charge in [-0.3, -0.25) is 14.4 Å². The maximum atomic E-state index is 12.1. The highest BCUT2D eigenvalue weighted by Gasteiger charge is 2.49. The second kappa shape index (κ2) is 5.77. The van der Waals surface area contributed by atoms with Gasteiger partial charge in [-0.15, -0.1) is 0 Å². The number of nitrogens with zero attached hydrogens (tertiary/aromatic N) is 3. The summed E-state index contributed by atoms with van der Waals surface area (Å²) >= 11 is 0. The lowest BCUT2D eigenvalue weighted by molar-refractivity contribution is -0.120. The minimum atomic E-state index is -0.115. The molecule has 24 heavy (non-hydrogen) atoms. The third-order valence-corrected chi connectivity index (χ3v) is 5.50. The van der Waals surface area contributed by atoms with Gasteiger partial charge in [-0.25, -0.2) is 0 Å². The summed E-state index contributed by atoms with van der Waals surface area (Å²) in [4.78, 5) is 14.5. The van der Waals surface area contributed by atoms with Crippen molar-refractivity contribution in [2.75, 3.05) is 13.1 Å². The van der Waals surface area contributed by atoms with Crippen LogP contribution in [-0.4, -0.2) is 39.2 Å². The molecular weight excluding hydrogens is 304 g/mol. The second-order valence-corrected chi connectivity index (χ2v) is 7.20. The van der Waals surface area contributed by atoms with Crippen LogP contribution in [0, 0.1) is 6.92 Å². The van der Waals surface area contributed by atoms with Crippen molar-refractivity contribution in [2.45, 2.75) is 44.2 Å². The highest BCUT2D eigenvalue weighted by Crippen LogP contribution is 2.43. The Hall–Kier alpha value is -2.08. The Kier molecular flexibility index (Phi) is 3.72. The molecule has 2 saturated heterocycles. The lowest BCUT2D eigenvalue weighted by Crippen LogP contribution is -2.53. The van der Waals surface area contributed by atoms with E-state index in [1.165, 1.54) is 5.56 Å².